The molecule has 0 heterocycles. The van der Waals surface area contributed by atoms with Gasteiger partial charge in [-0.25, -0.2) is 0 Å². The number of carbonyl (C=O) groups excluding carboxylic acids is 1. The van der Waals surface area contributed by atoms with Crippen molar-refractivity contribution in [2.75, 3.05) is 19.7 Å². The highest BCUT2D eigenvalue weighted by Crippen LogP contribution is 2.01. The summed E-state index contributed by atoms with van der Waals surface area (Å²) in [6.07, 6.45) is -4.82. The molecule has 8 nitrogen and oxygen atoms in total. The van der Waals surface area contributed by atoms with E-state index in [2.05, 4.69) is 5.32 Å². The molecule has 0 aliphatic rings. The molecule has 18 heavy (non-hydrogen) atoms. The van der Waals surface area contributed by atoms with Crippen molar-refractivity contribution < 1.29 is 35.1 Å². The molecule has 0 aromatic heterocycles. The van der Waals surface area contributed by atoms with Crippen LogP contribution in [0.4, 0.5) is 0 Å². The second-order valence-electron chi connectivity index (χ2n) is 3.83. The lowest BCUT2D eigenvalue weighted by Crippen LogP contribution is -2.46. The first kappa shape index (κ1) is 16.9. The first-order valence-corrected chi connectivity index (χ1v) is 5.50. The molecule has 0 saturated carbocycles. The molecule has 0 rings (SSSR count). The van der Waals surface area contributed by atoms with Gasteiger partial charge < -0.3 is 30.8 Å². The van der Waals surface area contributed by atoms with Crippen LogP contribution in [-0.2, 0) is 9.59 Å². The zero-order chi connectivity index (χ0) is 14.1. The van der Waals surface area contributed by atoms with Gasteiger partial charge in [-0.3, -0.25) is 9.59 Å². The van der Waals surface area contributed by atoms with E-state index >= 15 is 0 Å². The third-order valence-corrected chi connectivity index (χ3v) is 2.28. The molecular formula is C10H19NO7. The van der Waals surface area contributed by atoms with Crippen LogP contribution < -0.4 is 5.32 Å². The lowest BCUT2D eigenvalue weighted by Gasteiger charge is -2.20. The topological polar surface area (TPSA) is 147 Å². The SMILES string of the molecule is O=C(O)CCCNCC(=O)[C@@H](O)[C@H](O)[C@H](O)CO. The van der Waals surface area contributed by atoms with Gasteiger partial charge in [-0.2, -0.15) is 0 Å². The largest absolute Gasteiger partial charge is 0.481 e. The summed E-state index contributed by atoms with van der Waals surface area (Å²) in [4.78, 5) is 21.5. The fourth-order valence-electron chi connectivity index (χ4n) is 1.19. The Balaban J connectivity index is 3.84. The second-order valence-corrected chi connectivity index (χ2v) is 3.83. The molecule has 3 atom stereocenters. The maximum atomic E-state index is 11.3. The molecular weight excluding hydrogens is 246 g/mol. The monoisotopic (exact) mass is 265 g/mol. The number of carbonyl (C=O) groups is 2. The Kier molecular flexibility index (Phi) is 8.42. The van der Waals surface area contributed by atoms with Gasteiger partial charge in [0.1, 0.15) is 18.3 Å². The Morgan fingerprint density at radius 3 is 2.28 bits per heavy atom. The number of ketones is 1. The van der Waals surface area contributed by atoms with Crippen LogP contribution in [-0.4, -0.2) is 75.3 Å². The van der Waals surface area contributed by atoms with Crippen molar-refractivity contribution in [1.82, 2.24) is 5.32 Å². The maximum absolute atomic E-state index is 11.3. The van der Waals surface area contributed by atoms with Crippen LogP contribution in [0.3, 0.4) is 0 Å². The van der Waals surface area contributed by atoms with E-state index in [4.69, 9.17) is 15.3 Å². The van der Waals surface area contributed by atoms with Crippen LogP contribution in [0.15, 0.2) is 0 Å². The molecule has 0 aromatic rings. The molecule has 0 spiro atoms. The van der Waals surface area contributed by atoms with Crippen LogP contribution in [0.2, 0.25) is 0 Å². The molecule has 0 aliphatic carbocycles. The average molecular weight is 265 g/mol. The molecule has 8 heteroatoms. The lowest BCUT2D eigenvalue weighted by atomic mass is 10.0. The summed E-state index contributed by atoms with van der Waals surface area (Å²) in [6, 6.07) is 0. The molecule has 6 N–H and O–H groups in total. The number of nitrogens with one attached hydrogen (secondary N) is 1. The fraction of sp³-hybridized carbons (Fsp3) is 0.800. The smallest absolute Gasteiger partial charge is 0.303 e. The van der Waals surface area contributed by atoms with Gasteiger partial charge in [0.05, 0.1) is 13.2 Å². The van der Waals surface area contributed by atoms with Gasteiger partial charge in [-0.05, 0) is 13.0 Å². The number of Topliss-reactive ketones (excluding diaryl/α,β-unsaturated/α-hetero) is 1. The van der Waals surface area contributed by atoms with Gasteiger partial charge in [0, 0.05) is 6.42 Å². The van der Waals surface area contributed by atoms with E-state index in [1.807, 2.05) is 0 Å². The summed E-state index contributed by atoms with van der Waals surface area (Å²) in [5.41, 5.74) is 0. The van der Waals surface area contributed by atoms with E-state index in [1.165, 1.54) is 0 Å². The van der Waals surface area contributed by atoms with Crippen molar-refractivity contribution in [2.24, 2.45) is 0 Å². The van der Waals surface area contributed by atoms with Crippen LogP contribution >= 0.6 is 0 Å². The molecule has 0 aliphatic heterocycles. The molecule has 0 radical (unpaired) electrons. The van der Waals surface area contributed by atoms with Crippen molar-refractivity contribution in [1.29, 1.82) is 0 Å². The molecule has 0 saturated heterocycles. The van der Waals surface area contributed by atoms with Crippen molar-refractivity contribution in [3.05, 3.63) is 0 Å². The number of hydrogen-bond donors (Lipinski definition) is 6. The van der Waals surface area contributed by atoms with Crippen LogP contribution in [0.5, 0.6) is 0 Å². The standard InChI is InChI=1S/C10H19NO7/c12-5-7(14)10(18)9(17)6(13)4-11-3-1-2-8(15)16/h7,9-12,14,17-18H,1-5H2,(H,15,16)/t7-,9-,10-/m1/s1. The van der Waals surface area contributed by atoms with Crippen LogP contribution in [0.1, 0.15) is 12.8 Å². The van der Waals surface area contributed by atoms with Gasteiger partial charge in [0.25, 0.3) is 0 Å². The fourth-order valence-corrected chi connectivity index (χ4v) is 1.19. The minimum Gasteiger partial charge on any atom is -0.481 e. The highest BCUT2D eigenvalue weighted by molar-refractivity contribution is 5.85. The quantitative estimate of drug-likeness (QED) is 0.230. The Morgan fingerprint density at radius 2 is 1.78 bits per heavy atom. The van der Waals surface area contributed by atoms with Gasteiger partial charge in [0.2, 0.25) is 0 Å². The highest BCUT2D eigenvalue weighted by Gasteiger charge is 2.29. The Bertz CT molecular complexity index is 271. The summed E-state index contributed by atoms with van der Waals surface area (Å²) in [7, 11) is 0. The van der Waals surface area contributed by atoms with E-state index in [9.17, 15) is 19.8 Å². The molecule has 0 bridgehead atoms. The van der Waals surface area contributed by atoms with Crippen molar-refractivity contribution in [2.45, 2.75) is 31.2 Å². The Morgan fingerprint density at radius 1 is 1.17 bits per heavy atom. The number of carboxylic acid groups (broad SMARTS) is 1. The zero-order valence-corrected chi connectivity index (χ0v) is 9.82. The Labute approximate surface area is 104 Å². The first-order valence-electron chi connectivity index (χ1n) is 5.50. The van der Waals surface area contributed by atoms with E-state index in [0.717, 1.165) is 0 Å². The summed E-state index contributed by atoms with van der Waals surface area (Å²) >= 11 is 0. The zero-order valence-electron chi connectivity index (χ0n) is 9.82. The van der Waals surface area contributed by atoms with Crippen LogP contribution in [0, 0.1) is 0 Å². The minimum atomic E-state index is -1.79. The number of aliphatic hydroxyl groups excluding tert-OH is 4. The van der Waals surface area contributed by atoms with E-state index < -0.39 is 36.7 Å². The van der Waals surface area contributed by atoms with Gasteiger partial charge in [-0.1, -0.05) is 0 Å². The predicted molar refractivity (Wildman–Crippen MR) is 59.9 cm³/mol. The van der Waals surface area contributed by atoms with Crippen molar-refractivity contribution in [3.8, 4) is 0 Å². The van der Waals surface area contributed by atoms with Gasteiger partial charge in [-0.15, -0.1) is 0 Å². The number of aliphatic hydroxyl groups is 4. The molecule has 0 fully saturated rings. The minimum absolute atomic E-state index is 0.0321. The normalized spacial score (nSPS) is 16.0. The van der Waals surface area contributed by atoms with Gasteiger partial charge >= 0.3 is 5.97 Å². The van der Waals surface area contributed by atoms with E-state index in [1.54, 1.807) is 0 Å². The van der Waals surface area contributed by atoms with Crippen LogP contribution in [0.25, 0.3) is 0 Å². The molecule has 0 aromatic carbocycles. The molecule has 106 valence electrons. The molecule has 0 amide bonds. The molecule has 0 unspecified atom stereocenters. The number of carboxylic acids is 1. The predicted octanol–water partition coefficient (Wildman–Crippen LogP) is -2.92. The number of hydrogen-bond acceptors (Lipinski definition) is 7. The number of rotatable bonds is 10. The first-order chi connectivity index (χ1) is 8.40. The van der Waals surface area contributed by atoms with E-state index in [0.29, 0.717) is 6.42 Å². The summed E-state index contributed by atoms with van der Waals surface area (Å²) in [5.74, 6) is -1.69. The summed E-state index contributed by atoms with van der Waals surface area (Å²) in [5, 5.41) is 47.1. The summed E-state index contributed by atoms with van der Waals surface area (Å²) < 4.78 is 0. The summed E-state index contributed by atoms with van der Waals surface area (Å²) in [6.45, 7) is -0.739. The third kappa shape index (κ3) is 6.62. The number of aliphatic carboxylic acids is 1. The van der Waals surface area contributed by atoms with Crippen molar-refractivity contribution in [3.63, 3.8) is 0 Å². The highest BCUT2D eigenvalue weighted by atomic mass is 16.4. The van der Waals surface area contributed by atoms with Crippen molar-refractivity contribution >= 4 is 11.8 Å². The lowest BCUT2D eigenvalue weighted by molar-refractivity contribution is -0.139. The second kappa shape index (κ2) is 8.95. The maximum Gasteiger partial charge on any atom is 0.303 e. The van der Waals surface area contributed by atoms with Gasteiger partial charge in [0.15, 0.2) is 5.78 Å². The average Bonchev–Trinajstić information content (AvgIpc) is 2.34. The van der Waals surface area contributed by atoms with E-state index in [-0.39, 0.29) is 19.5 Å². The Hall–Kier alpha value is -1.06. The third-order valence-electron chi connectivity index (χ3n) is 2.28.